The van der Waals surface area contributed by atoms with Gasteiger partial charge in [-0.15, -0.1) is 0 Å². The molecule has 3 aliphatic carbocycles. The van der Waals surface area contributed by atoms with Crippen LogP contribution in [0.1, 0.15) is 129 Å². The van der Waals surface area contributed by atoms with Gasteiger partial charge in [-0.2, -0.15) is 30.7 Å². The van der Waals surface area contributed by atoms with Crippen LogP contribution in [0.5, 0.6) is 17.2 Å². The lowest BCUT2D eigenvalue weighted by molar-refractivity contribution is -0.142. The van der Waals surface area contributed by atoms with Gasteiger partial charge in [-0.25, -0.2) is 0 Å². The first-order valence-electron chi connectivity index (χ1n) is 32.6. The third-order valence-electron chi connectivity index (χ3n) is 18.6. The minimum atomic E-state index is -0.801. The number of esters is 1. The van der Waals surface area contributed by atoms with Crippen LogP contribution in [-0.2, 0) is 33.6 Å². The topological polar surface area (TPSA) is 298 Å². The fraction of sp³-hybridized carbons (Fsp3) is 0.365. The molecule has 15 rings (SSSR count). The van der Waals surface area contributed by atoms with Crippen LogP contribution in [0, 0.1) is 51.7 Å². The predicted molar refractivity (Wildman–Crippen MR) is 351 cm³/mol. The number of carbonyl (C=O) groups excluding carboxylic acids is 1. The van der Waals surface area contributed by atoms with Gasteiger partial charge in [0.1, 0.15) is 35.5 Å². The summed E-state index contributed by atoms with van der Waals surface area (Å²) in [6.45, 7) is 14.6. The van der Waals surface area contributed by atoms with Gasteiger partial charge < -0.3 is 42.9 Å². The first kappa shape index (κ1) is 64.2. The van der Waals surface area contributed by atoms with Crippen molar-refractivity contribution >= 4 is 11.9 Å². The number of hydrogen-bond donors (Lipinski definition) is 2. The van der Waals surface area contributed by atoms with Gasteiger partial charge in [-0.05, 0) is 205 Å². The average molecular weight is 1290 g/mol. The predicted octanol–water partition coefficient (Wildman–Crippen LogP) is 12.5. The van der Waals surface area contributed by atoms with E-state index in [2.05, 4.69) is 94.1 Å². The van der Waals surface area contributed by atoms with E-state index in [1.54, 1.807) is 42.5 Å². The van der Waals surface area contributed by atoms with Gasteiger partial charge >= 0.3 is 11.9 Å². The molecule has 6 unspecified atom stereocenters. The highest BCUT2D eigenvalue weighted by molar-refractivity contribution is 5.74. The number of nitrogens with zero attached hydrogens (tertiary/aromatic N) is 11. The summed E-state index contributed by atoms with van der Waals surface area (Å²) in [6.07, 6.45) is 5.98. The minimum absolute atomic E-state index is 0.00267. The Morgan fingerprint density at radius 3 is 1.31 bits per heavy atom. The number of aliphatic carboxylic acids is 1. The fourth-order valence-corrected chi connectivity index (χ4v) is 14.7. The molecule has 6 heterocycles. The number of nitrogens with one attached hydrogen (secondary N) is 1. The van der Waals surface area contributed by atoms with Crippen molar-refractivity contribution in [3.63, 3.8) is 0 Å². The summed E-state index contributed by atoms with van der Waals surface area (Å²) in [6, 6.07) is 41.7. The summed E-state index contributed by atoms with van der Waals surface area (Å²) in [4.78, 5) is 41.4. The normalized spacial score (nSPS) is 19.4. The molecule has 9 aromatic rings. The van der Waals surface area contributed by atoms with Gasteiger partial charge in [0.15, 0.2) is 0 Å². The molecule has 3 fully saturated rings. The van der Waals surface area contributed by atoms with Gasteiger partial charge in [0.2, 0.25) is 17.5 Å². The van der Waals surface area contributed by atoms with Gasteiger partial charge in [-0.3, -0.25) is 19.4 Å². The largest absolute Gasteiger partial charge is 0.490 e. The fourth-order valence-electron chi connectivity index (χ4n) is 14.7. The van der Waals surface area contributed by atoms with E-state index in [0.717, 1.165) is 79.6 Å². The zero-order valence-electron chi connectivity index (χ0n) is 54.4. The molecular formula is C74H72N12O10. The molecule has 6 atom stereocenters. The Kier molecular flexibility index (Phi) is 18.3. The highest BCUT2D eigenvalue weighted by Gasteiger charge is 2.45. The van der Waals surface area contributed by atoms with E-state index in [1.807, 2.05) is 77.9 Å². The molecule has 0 spiro atoms. The lowest BCUT2D eigenvalue weighted by Crippen LogP contribution is -2.30. The number of aromatic nitrogens is 6. The number of hydrogen-bond acceptors (Lipinski definition) is 21. The van der Waals surface area contributed by atoms with E-state index in [4.69, 9.17) is 32.5 Å². The van der Waals surface area contributed by atoms with Crippen LogP contribution in [0.2, 0.25) is 0 Å². The number of ether oxygens (including phenoxy) is 4. The third-order valence-corrected chi connectivity index (χ3v) is 18.6. The minimum Gasteiger partial charge on any atom is -0.490 e. The highest BCUT2D eigenvalue weighted by atomic mass is 16.5. The molecule has 96 heavy (non-hydrogen) atoms. The van der Waals surface area contributed by atoms with Crippen molar-refractivity contribution in [1.29, 1.82) is 15.8 Å². The maximum atomic E-state index is 11.9. The molecular weight excluding hydrogens is 1220 g/mol. The molecule has 0 radical (unpaired) electrons. The smallest absolute Gasteiger partial charge is 0.319 e. The molecule has 2 N–H and O–H groups in total. The number of carboxylic acid groups (broad SMARTS) is 1. The molecule has 3 aliphatic heterocycles. The Labute approximate surface area is 555 Å². The van der Waals surface area contributed by atoms with Gasteiger partial charge in [0.05, 0.1) is 55.2 Å². The molecule has 6 aromatic carbocycles. The number of nitriles is 3. The molecule has 3 saturated heterocycles. The lowest BCUT2D eigenvalue weighted by atomic mass is 10.0. The van der Waals surface area contributed by atoms with Crippen LogP contribution in [0.3, 0.4) is 0 Å². The van der Waals surface area contributed by atoms with Crippen molar-refractivity contribution in [1.82, 2.24) is 45.5 Å². The Hall–Kier alpha value is -10.6. The first-order chi connectivity index (χ1) is 46.6. The van der Waals surface area contributed by atoms with Crippen LogP contribution in [-0.4, -0.2) is 115 Å². The Morgan fingerprint density at radius 2 is 0.927 bits per heavy atom. The SMILES string of the molecule is CC(C)Oc1ccc(-c2nc(-c3cccc4c3CC3CCN(CC(=O)O)C43)no2)cc1C#N.CC(C)Oc1ccc(-c2nc(-c3cccc4c3CC3CCNC43)no2)cc1C#N.COC(=O)CN1CCC2Cc3c(-c4noc(-c5ccc(OC(C)C)c(C#N)c5)n4)cccc3C21. The maximum Gasteiger partial charge on any atom is 0.319 e. The van der Waals surface area contributed by atoms with Crippen LogP contribution >= 0.6 is 0 Å². The summed E-state index contributed by atoms with van der Waals surface area (Å²) in [5.74, 6) is 4.82. The zero-order chi connectivity index (χ0) is 66.9. The van der Waals surface area contributed by atoms with Crippen LogP contribution < -0.4 is 19.5 Å². The molecule has 0 amide bonds. The Balaban J connectivity index is 0.000000131. The van der Waals surface area contributed by atoms with Crippen molar-refractivity contribution < 1.29 is 47.2 Å². The van der Waals surface area contributed by atoms with E-state index in [-0.39, 0.29) is 42.9 Å². The Morgan fingerprint density at radius 1 is 0.542 bits per heavy atom. The number of rotatable bonds is 16. The quantitative estimate of drug-likeness (QED) is 0.0849. The van der Waals surface area contributed by atoms with Gasteiger partial charge in [-0.1, -0.05) is 70.1 Å². The number of carbonyl (C=O) groups is 2. The highest BCUT2D eigenvalue weighted by Crippen LogP contribution is 2.51. The number of carboxylic acids is 1. The van der Waals surface area contributed by atoms with E-state index in [1.165, 1.54) is 35.8 Å². The average Bonchev–Trinajstić information content (AvgIpc) is 1.61. The summed E-state index contributed by atoms with van der Waals surface area (Å²) in [5.41, 5.74) is 13.6. The summed E-state index contributed by atoms with van der Waals surface area (Å²) < 4.78 is 38.7. The molecule has 22 nitrogen and oxygen atoms in total. The number of methoxy groups -OCH3 is 1. The number of fused-ring (bicyclic) bond motifs is 9. The Bertz CT molecular complexity index is 4550. The second-order valence-corrected chi connectivity index (χ2v) is 25.8. The number of likely N-dealkylation sites (tertiary alicyclic amines) is 2. The summed E-state index contributed by atoms with van der Waals surface area (Å²) in [7, 11) is 1.43. The lowest BCUT2D eigenvalue weighted by Gasteiger charge is -2.23. The van der Waals surface area contributed by atoms with Crippen molar-refractivity contribution in [2.75, 3.05) is 39.8 Å². The van der Waals surface area contributed by atoms with Gasteiger partial charge in [0.25, 0.3) is 17.7 Å². The van der Waals surface area contributed by atoms with Crippen molar-refractivity contribution in [2.45, 2.75) is 117 Å². The summed E-state index contributed by atoms with van der Waals surface area (Å²) >= 11 is 0. The van der Waals surface area contributed by atoms with Gasteiger partial charge in [0, 0.05) is 51.5 Å². The van der Waals surface area contributed by atoms with E-state index >= 15 is 0 Å². The van der Waals surface area contributed by atoms with E-state index in [9.17, 15) is 30.5 Å². The second kappa shape index (κ2) is 27.4. The van der Waals surface area contributed by atoms with E-state index in [0.29, 0.717) is 116 Å². The number of benzene rings is 6. The molecule has 0 bridgehead atoms. The summed E-state index contributed by atoms with van der Waals surface area (Å²) in [5, 5.41) is 54.1. The molecule has 6 aliphatic rings. The zero-order valence-corrected chi connectivity index (χ0v) is 54.4. The second-order valence-electron chi connectivity index (χ2n) is 25.8. The van der Waals surface area contributed by atoms with E-state index < -0.39 is 5.97 Å². The van der Waals surface area contributed by atoms with Crippen LogP contribution in [0.4, 0.5) is 0 Å². The standard InChI is InChI=1S/C26H26N4O4.C25H24N4O4.C23H22N4O2/c1-15(2)33-22-8-7-17(11-18(22)13-27)26-28-25(29-34-26)20-6-4-5-19-21(20)12-16-9-10-30(24(16)19)14-23(31)32-3;1-14(2)32-21-7-6-16(10-17(21)12-26)25-27-24(28-33-25)19-5-3-4-18-20(19)11-15-8-9-29(23(15)18)13-22(30)31;1-13(2)28-20-7-6-15(10-16(20)12-24)23-26-22(27-29-23)18-5-3-4-17-19(18)11-14-8-9-25-21(14)17/h4-8,11,15-16,24H,9-10,12,14H2,1-3H3;3-7,10,14-15,23H,8-9,11,13H2,1-2H3,(H,30,31);3-7,10,13-14,21,25H,8-9,11H2,1-2H3. The maximum absolute atomic E-state index is 11.9. The third kappa shape index (κ3) is 12.9. The van der Waals surface area contributed by atoms with Crippen LogP contribution in [0.15, 0.2) is 123 Å². The van der Waals surface area contributed by atoms with Crippen LogP contribution in [0.25, 0.3) is 68.5 Å². The molecule has 0 saturated carbocycles. The van der Waals surface area contributed by atoms with Crippen molar-refractivity contribution in [3.8, 4) is 104 Å². The molecule has 22 heteroatoms. The monoisotopic (exact) mass is 1290 g/mol. The van der Waals surface area contributed by atoms with Crippen molar-refractivity contribution in [3.05, 3.63) is 159 Å². The molecule has 3 aromatic heterocycles. The molecule has 488 valence electrons. The van der Waals surface area contributed by atoms with Crippen molar-refractivity contribution in [2.24, 2.45) is 17.8 Å². The first-order valence-corrected chi connectivity index (χ1v) is 32.6.